The van der Waals surface area contributed by atoms with Crippen LogP contribution in [0.5, 0.6) is 0 Å². The van der Waals surface area contributed by atoms with Crippen molar-refractivity contribution in [1.82, 2.24) is 0 Å². The van der Waals surface area contributed by atoms with Gasteiger partial charge in [-0.3, -0.25) is 0 Å². The molecule has 0 atom stereocenters. The summed E-state index contributed by atoms with van der Waals surface area (Å²) >= 11 is 15.7. The number of halogens is 3. The largest absolute Gasteiger partial charge is 0.248 e. The van der Waals surface area contributed by atoms with Crippen LogP contribution in [0.3, 0.4) is 0 Å². The van der Waals surface area contributed by atoms with Gasteiger partial charge in [-0.2, -0.15) is 0 Å². The number of alkyl halides is 1. The zero-order valence-electron chi connectivity index (χ0n) is 13.2. The maximum absolute atomic E-state index is 6.09. The molecule has 0 amide bonds. The minimum absolute atomic E-state index is 1.06. The Morgan fingerprint density at radius 2 is 0.900 bits per heavy atom. The van der Waals surface area contributed by atoms with Crippen molar-refractivity contribution in [3.63, 3.8) is 0 Å². The minimum Gasteiger partial charge on any atom is -0.146 e. The Morgan fingerprint density at radius 3 is 1.20 bits per heavy atom. The first-order chi connectivity index (χ1) is 9.56. The third kappa shape index (κ3) is 19.3. The molecular weight excluding hydrogens is 371 g/mol. The Bertz CT molecular complexity index is 195. The Labute approximate surface area is 145 Å². The van der Waals surface area contributed by atoms with Gasteiger partial charge in [0.15, 0.2) is 0 Å². The van der Waals surface area contributed by atoms with Crippen LogP contribution < -0.4 is 0 Å². The van der Waals surface area contributed by atoms with Crippen LogP contribution in [-0.2, 0) is 0 Å². The Hall–Kier alpha value is 1.28. The lowest BCUT2D eigenvalue weighted by atomic mass is 10.1. The molecule has 0 nitrogen and oxygen atoms in total. The Morgan fingerprint density at radius 1 is 0.600 bits per heavy atom. The molecule has 0 aromatic rings. The fraction of sp³-hybridized carbons (Fsp3) is 1.00. The summed E-state index contributed by atoms with van der Waals surface area (Å²) in [7, 11) is 0. The third-order valence-electron chi connectivity index (χ3n) is 3.75. The van der Waals surface area contributed by atoms with Crippen LogP contribution in [0.2, 0.25) is 12.6 Å². The summed E-state index contributed by atoms with van der Waals surface area (Å²) in [6.45, 7) is 0.206. The second-order valence-corrected chi connectivity index (χ2v) is 15.1. The molecular formula is C16H33BrCl2Si. The van der Waals surface area contributed by atoms with Crippen LogP contribution in [-0.4, -0.2) is 12.0 Å². The Balaban J connectivity index is 2.99. The molecule has 0 spiro atoms. The van der Waals surface area contributed by atoms with E-state index in [1.165, 1.54) is 88.8 Å². The highest BCUT2D eigenvalue weighted by molar-refractivity contribution is 9.09. The first-order valence-electron chi connectivity index (χ1n) is 8.50. The number of hydrogen-bond donors (Lipinski definition) is 0. The van der Waals surface area contributed by atoms with Crippen molar-refractivity contribution in [3.8, 4) is 0 Å². The molecule has 0 bridgehead atoms. The lowest BCUT2D eigenvalue weighted by molar-refractivity contribution is 0.543. The summed E-state index contributed by atoms with van der Waals surface area (Å²) in [5, 5.41) is 1.17. The van der Waals surface area contributed by atoms with Gasteiger partial charge in [0.2, 0.25) is 6.69 Å². The van der Waals surface area contributed by atoms with Crippen molar-refractivity contribution >= 4 is 44.8 Å². The van der Waals surface area contributed by atoms with Gasteiger partial charge in [0.1, 0.15) is 0 Å². The number of rotatable bonds is 15. The van der Waals surface area contributed by atoms with Gasteiger partial charge in [-0.1, -0.05) is 93.0 Å². The van der Waals surface area contributed by atoms with E-state index < -0.39 is 6.69 Å². The van der Waals surface area contributed by atoms with E-state index in [4.69, 9.17) is 22.2 Å². The summed E-state index contributed by atoms with van der Waals surface area (Å²) < 4.78 is 0. The van der Waals surface area contributed by atoms with Crippen molar-refractivity contribution in [3.05, 3.63) is 0 Å². The molecule has 0 saturated carbocycles. The normalized spacial score (nSPS) is 12.0. The summed E-state index contributed by atoms with van der Waals surface area (Å²) in [6, 6.07) is 1.06. The average molecular weight is 404 g/mol. The lowest BCUT2D eigenvalue weighted by Crippen LogP contribution is -2.11. The molecule has 0 aliphatic carbocycles. The van der Waals surface area contributed by atoms with E-state index in [1.54, 1.807) is 0 Å². The fourth-order valence-electron chi connectivity index (χ4n) is 2.47. The van der Waals surface area contributed by atoms with Crippen molar-refractivity contribution < 1.29 is 0 Å². The maximum atomic E-state index is 6.09. The molecule has 0 heterocycles. The molecule has 0 aromatic carbocycles. The highest BCUT2D eigenvalue weighted by atomic mass is 79.9. The Kier molecular flexibility index (Phi) is 16.2. The summed E-state index contributed by atoms with van der Waals surface area (Å²) in [4.78, 5) is 0. The predicted octanol–water partition coefficient (Wildman–Crippen LogP) is 8.00. The van der Waals surface area contributed by atoms with E-state index in [1.807, 2.05) is 6.55 Å². The molecule has 4 heteroatoms. The molecule has 122 valence electrons. The van der Waals surface area contributed by atoms with Crippen LogP contribution in [0.1, 0.15) is 83.5 Å². The first kappa shape index (κ1) is 21.3. The second kappa shape index (κ2) is 15.2. The predicted molar refractivity (Wildman–Crippen MR) is 102 cm³/mol. The van der Waals surface area contributed by atoms with E-state index in [0.717, 1.165) is 6.04 Å². The topological polar surface area (TPSA) is 0 Å². The van der Waals surface area contributed by atoms with E-state index in [-0.39, 0.29) is 0 Å². The van der Waals surface area contributed by atoms with Gasteiger partial charge in [0.25, 0.3) is 0 Å². The molecule has 0 rings (SSSR count). The minimum atomic E-state index is -1.82. The second-order valence-electron chi connectivity index (χ2n) is 6.11. The van der Waals surface area contributed by atoms with E-state index in [2.05, 4.69) is 15.9 Å². The van der Waals surface area contributed by atoms with Crippen LogP contribution in [0, 0.1) is 0 Å². The van der Waals surface area contributed by atoms with Gasteiger partial charge in [-0.25, -0.2) is 0 Å². The number of hydrogen-bond acceptors (Lipinski definition) is 0. The van der Waals surface area contributed by atoms with Gasteiger partial charge < -0.3 is 0 Å². The summed E-state index contributed by atoms with van der Waals surface area (Å²) in [6.07, 6.45) is 18.1. The van der Waals surface area contributed by atoms with Crippen LogP contribution in [0.25, 0.3) is 0 Å². The smallest absolute Gasteiger partial charge is 0.146 e. The molecule has 0 radical (unpaired) electrons. The van der Waals surface area contributed by atoms with Crippen LogP contribution >= 0.6 is 38.1 Å². The fourth-order valence-corrected chi connectivity index (χ4v) is 4.54. The van der Waals surface area contributed by atoms with E-state index in [9.17, 15) is 0 Å². The molecule has 0 fully saturated rings. The molecule has 0 aliphatic heterocycles. The van der Waals surface area contributed by atoms with Crippen molar-refractivity contribution in [2.75, 3.05) is 5.33 Å². The SMILES string of the molecule is C[Si](Cl)(Cl)CCCCCCCCCCCCCCCBr. The molecule has 0 saturated heterocycles. The van der Waals surface area contributed by atoms with E-state index in [0.29, 0.717) is 0 Å². The summed E-state index contributed by atoms with van der Waals surface area (Å²) in [5.41, 5.74) is 0. The molecule has 0 N–H and O–H groups in total. The molecule has 0 unspecified atom stereocenters. The van der Waals surface area contributed by atoms with Gasteiger partial charge in [0.05, 0.1) is 0 Å². The standard InChI is InChI=1S/C16H33BrCl2Si/c1-20(18,19)16-14-12-10-8-6-4-2-3-5-7-9-11-13-15-17/h2-16H2,1H3. The van der Waals surface area contributed by atoms with Crippen molar-refractivity contribution in [1.29, 1.82) is 0 Å². The highest BCUT2D eigenvalue weighted by Crippen LogP contribution is 2.23. The van der Waals surface area contributed by atoms with Crippen molar-refractivity contribution in [2.45, 2.75) is 96.1 Å². The van der Waals surface area contributed by atoms with Crippen LogP contribution in [0.4, 0.5) is 0 Å². The first-order valence-corrected chi connectivity index (χ1v) is 14.4. The van der Waals surface area contributed by atoms with Gasteiger partial charge in [0, 0.05) is 5.33 Å². The quantitative estimate of drug-likeness (QED) is 0.112. The van der Waals surface area contributed by atoms with Gasteiger partial charge in [-0.05, 0) is 19.0 Å². The zero-order chi connectivity index (χ0) is 15.1. The van der Waals surface area contributed by atoms with Crippen molar-refractivity contribution in [2.24, 2.45) is 0 Å². The highest BCUT2D eigenvalue weighted by Gasteiger charge is 2.19. The monoisotopic (exact) mass is 402 g/mol. The van der Waals surface area contributed by atoms with Crippen LogP contribution in [0.15, 0.2) is 0 Å². The van der Waals surface area contributed by atoms with Gasteiger partial charge >= 0.3 is 0 Å². The maximum Gasteiger partial charge on any atom is 0.248 e. The zero-order valence-corrected chi connectivity index (χ0v) is 17.3. The number of unbranched alkanes of at least 4 members (excludes halogenated alkanes) is 12. The third-order valence-corrected chi connectivity index (χ3v) is 6.68. The van der Waals surface area contributed by atoms with Gasteiger partial charge in [-0.15, -0.1) is 22.2 Å². The summed E-state index contributed by atoms with van der Waals surface area (Å²) in [5.74, 6) is 0. The van der Waals surface area contributed by atoms with E-state index >= 15 is 0 Å². The average Bonchev–Trinajstić information content (AvgIpc) is 2.38. The molecule has 0 aromatic heterocycles. The lowest BCUT2D eigenvalue weighted by Gasteiger charge is -2.09. The molecule has 0 aliphatic rings. The molecule has 20 heavy (non-hydrogen) atoms.